The van der Waals surface area contributed by atoms with Gasteiger partial charge in [0.25, 0.3) is 0 Å². The molecule has 0 fully saturated rings. The fourth-order valence-corrected chi connectivity index (χ4v) is 3.91. The number of aliphatic hydroxyl groups excluding tert-OH is 2. The van der Waals surface area contributed by atoms with Crippen molar-refractivity contribution in [3.05, 3.63) is 58.1 Å². The summed E-state index contributed by atoms with van der Waals surface area (Å²) >= 11 is 3.45. The summed E-state index contributed by atoms with van der Waals surface area (Å²) in [5.41, 5.74) is 4.03. The number of halogens is 1. The van der Waals surface area contributed by atoms with Crippen LogP contribution < -0.4 is 0 Å². The van der Waals surface area contributed by atoms with Crippen molar-refractivity contribution < 1.29 is 20.2 Å². The van der Waals surface area contributed by atoms with Crippen molar-refractivity contribution in [2.45, 2.75) is 6.10 Å². The van der Waals surface area contributed by atoms with E-state index in [0.717, 1.165) is 26.6 Å². The lowest BCUT2D eigenvalue weighted by atomic mass is 10.0. The normalized spacial score (nSPS) is 15.5. The molecule has 0 amide bonds. The van der Waals surface area contributed by atoms with Gasteiger partial charge in [0.15, 0.2) is 5.88 Å². The van der Waals surface area contributed by atoms with E-state index in [-0.39, 0.29) is 12.5 Å². The number of aromatic amines is 1. The number of rotatable bonds is 8. The van der Waals surface area contributed by atoms with E-state index < -0.39 is 6.10 Å². The fraction of sp³-hybridized carbons (Fsp3) is 0.273. The summed E-state index contributed by atoms with van der Waals surface area (Å²) < 4.78 is 0.900. The average molecular weight is 487 g/mol. The van der Waals surface area contributed by atoms with E-state index in [1.807, 2.05) is 54.4 Å². The molecule has 4 rings (SSSR count). The monoisotopic (exact) mass is 486 g/mol. The van der Waals surface area contributed by atoms with Crippen LogP contribution in [-0.4, -0.2) is 76.1 Å². The minimum Gasteiger partial charge on any atom is -0.494 e. The number of aromatic hydroxyl groups is 1. The number of H-pyrrole nitrogens is 1. The largest absolute Gasteiger partial charge is 0.494 e. The molecule has 0 aliphatic carbocycles. The van der Waals surface area contributed by atoms with Crippen molar-refractivity contribution in [3.8, 4) is 5.88 Å². The van der Waals surface area contributed by atoms with Gasteiger partial charge in [-0.3, -0.25) is 0 Å². The summed E-state index contributed by atoms with van der Waals surface area (Å²) in [6, 6.07) is 13.3. The Morgan fingerprint density at radius 2 is 2.06 bits per heavy atom. The standard InChI is InChI=1S/C22H23BrN4O4/c1-27(11-14(29)12-28)8-9-31-26-20-16-4-2-3-5-17(16)24-21(20)19-15-7-6-13(23)10-18(15)25-22(19)30/h2-7,10,14,25,28-30H,8-9,11-12H2,1H3/b26-20+. The summed E-state index contributed by atoms with van der Waals surface area (Å²) in [5.74, 6) is 0.0186. The smallest absolute Gasteiger partial charge is 0.199 e. The third kappa shape index (κ3) is 4.49. The summed E-state index contributed by atoms with van der Waals surface area (Å²) in [4.78, 5) is 15.1. The highest BCUT2D eigenvalue weighted by Crippen LogP contribution is 2.36. The van der Waals surface area contributed by atoms with Crippen LogP contribution in [0.25, 0.3) is 10.9 Å². The minimum absolute atomic E-state index is 0.0186. The maximum atomic E-state index is 10.6. The molecule has 0 spiro atoms. The zero-order valence-corrected chi connectivity index (χ0v) is 18.5. The number of aliphatic imine (C=N–C) groups is 1. The van der Waals surface area contributed by atoms with Gasteiger partial charge in [-0.15, -0.1) is 0 Å². The number of benzene rings is 2. The van der Waals surface area contributed by atoms with Crippen LogP contribution in [0.1, 0.15) is 11.1 Å². The second kappa shape index (κ2) is 9.19. The lowest BCUT2D eigenvalue weighted by Crippen LogP contribution is -2.33. The third-order valence-electron chi connectivity index (χ3n) is 5.05. The lowest BCUT2D eigenvalue weighted by Gasteiger charge is -2.18. The Morgan fingerprint density at radius 3 is 2.87 bits per heavy atom. The molecule has 0 saturated heterocycles. The fourth-order valence-electron chi connectivity index (χ4n) is 3.55. The lowest BCUT2D eigenvalue weighted by molar-refractivity contribution is 0.0535. The van der Waals surface area contributed by atoms with Gasteiger partial charge in [-0.25, -0.2) is 4.99 Å². The van der Waals surface area contributed by atoms with Gasteiger partial charge in [0.2, 0.25) is 0 Å². The summed E-state index contributed by atoms with van der Waals surface area (Å²) in [6.45, 7) is 0.869. The van der Waals surface area contributed by atoms with E-state index in [1.165, 1.54) is 0 Å². The molecule has 0 bridgehead atoms. The Morgan fingerprint density at radius 1 is 1.26 bits per heavy atom. The van der Waals surface area contributed by atoms with Crippen molar-refractivity contribution in [3.63, 3.8) is 0 Å². The van der Waals surface area contributed by atoms with Crippen LogP contribution in [0.4, 0.5) is 5.69 Å². The van der Waals surface area contributed by atoms with Crippen molar-refractivity contribution >= 4 is 43.9 Å². The Kier molecular flexibility index (Phi) is 6.38. The molecular formula is C22H23BrN4O4. The van der Waals surface area contributed by atoms with Crippen molar-refractivity contribution in [2.24, 2.45) is 10.1 Å². The number of nitrogens with zero attached hydrogens (tertiary/aromatic N) is 3. The Labute approximate surface area is 187 Å². The van der Waals surface area contributed by atoms with Crippen LogP contribution in [0, 0.1) is 0 Å². The first-order chi connectivity index (χ1) is 15.0. The molecule has 8 nitrogen and oxygen atoms in total. The molecule has 2 aromatic carbocycles. The highest BCUT2D eigenvalue weighted by Gasteiger charge is 2.29. The van der Waals surface area contributed by atoms with Crippen LogP contribution in [0.5, 0.6) is 5.88 Å². The summed E-state index contributed by atoms with van der Waals surface area (Å²) in [5, 5.41) is 34.3. The number of hydrogen-bond donors (Lipinski definition) is 4. The van der Waals surface area contributed by atoms with E-state index in [9.17, 15) is 10.2 Å². The van der Waals surface area contributed by atoms with Crippen molar-refractivity contribution in [1.29, 1.82) is 0 Å². The van der Waals surface area contributed by atoms with Crippen LogP contribution in [0.15, 0.2) is 57.1 Å². The average Bonchev–Trinajstić information content (AvgIpc) is 3.26. The first kappa shape index (κ1) is 21.5. The molecular weight excluding hydrogens is 464 g/mol. The SMILES string of the molecule is CN(CCO/N=C1/C(c2c(O)[nH]c3cc(Br)ccc23)=Nc2ccccc21)CC(O)CO. The highest BCUT2D eigenvalue weighted by molar-refractivity contribution is 9.10. The minimum atomic E-state index is -0.790. The zero-order chi connectivity index (χ0) is 22.0. The maximum Gasteiger partial charge on any atom is 0.199 e. The first-order valence-electron chi connectivity index (χ1n) is 9.84. The highest BCUT2D eigenvalue weighted by atomic mass is 79.9. The van der Waals surface area contributed by atoms with E-state index >= 15 is 0 Å². The zero-order valence-electron chi connectivity index (χ0n) is 16.9. The third-order valence-corrected chi connectivity index (χ3v) is 5.54. The molecule has 3 aromatic rings. The molecule has 1 unspecified atom stereocenters. The molecule has 0 radical (unpaired) electrons. The quantitative estimate of drug-likeness (QED) is 0.288. The topological polar surface area (TPSA) is 114 Å². The van der Waals surface area contributed by atoms with Crippen LogP contribution in [0.3, 0.4) is 0 Å². The van der Waals surface area contributed by atoms with Crippen LogP contribution >= 0.6 is 15.9 Å². The molecule has 1 atom stereocenters. The van der Waals surface area contributed by atoms with E-state index in [0.29, 0.717) is 36.7 Å². The van der Waals surface area contributed by atoms with Crippen LogP contribution in [-0.2, 0) is 4.84 Å². The van der Waals surface area contributed by atoms with Gasteiger partial charge in [0.1, 0.15) is 18.0 Å². The summed E-state index contributed by atoms with van der Waals surface area (Å²) in [7, 11) is 1.83. The molecule has 2 heterocycles. The molecule has 31 heavy (non-hydrogen) atoms. The van der Waals surface area contributed by atoms with Gasteiger partial charge in [0.05, 0.1) is 29.5 Å². The molecule has 162 valence electrons. The van der Waals surface area contributed by atoms with Crippen LogP contribution in [0.2, 0.25) is 0 Å². The number of hydrogen-bond acceptors (Lipinski definition) is 7. The van der Waals surface area contributed by atoms with E-state index in [2.05, 4.69) is 26.1 Å². The Hall–Kier alpha value is -2.72. The number of likely N-dealkylation sites (N-methyl/N-ethyl adjacent to an activating group) is 1. The van der Waals surface area contributed by atoms with Gasteiger partial charge in [-0.05, 0) is 25.2 Å². The molecule has 0 saturated carbocycles. The predicted molar refractivity (Wildman–Crippen MR) is 123 cm³/mol. The molecule has 4 N–H and O–H groups in total. The van der Waals surface area contributed by atoms with E-state index in [4.69, 9.17) is 14.9 Å². The van der Waals surface area contributed by atoms with Gasteiger partial charge < -0.3 is 30.0 Å². The number of aliphatic hydroxyl groups is 2. The number of oxime groups is 1. The molecule has 9 heteroatoms. The van der Waals surface area contributed by atoms with Gasteiger partial charge in [-0.2, -0.15) is 0 Å². The van der Waals surface area contributed by atoms with Gasteiger partial charge >= 0.3 is 0 Å². The van der Waals surface area contributed by atoms with Gasteiger partial charge in [-0.1, -0.05) is 45.4 Å². The Bertz CT molecular complexity index is 1160. The van der Waals surface area contributed by atoms with E-state index in [1.54, 1.807) is 0 Å². The second-order valence-electron chi connectivity index (χ2n) is 7.39. The predicted octanol–water partition coefficient (Wildman–Crippen LogP) is 2.78. The number of para-hydroxylation sites is 1. The number of nitrogens with one attached hydrogen (secondary N) is 1. The van der Waals surface area contributed by atoms with Crippen molar-refractivity contribution in [1.82, 2.24) is 9.88 Å². The van der Waals surface area contributed by atoms with Crippen molar-refractivity contribution in [2.75, 3.05) is 33.4 Å². The molecule has 1 aromatic heterocycles. The summed E-state index contributed by atoms with van der Waals surface area (Å²) in [6.07, 6.45) is -0.790. The van der Waals surface area contributed by atoms with Gasteiger partial charge in [0, 0.05) is 28.5 Å². The second-order valence-corrected chi connectivity index (χ2v) is 8.30. The molecule has 1 aliphatic heterocycles. The maximum absolute atomic E-state index is 10.6. The number of fused-ring (bicyclic) bond motifs is 2. The first-order valence-corrected chi connectivity index (χ1v) is 10.6. The number of aromatic nitrogens is 1. The Balaban J connectivity index is 1.61. The molecule has 1 aliphatic rings.